The minimum atomic E-state index is -0.548. The summed E-state index contributed by atoms with van der Waals surface area (Å²) in [5.41, 5.74) is 6.47. The van der Waals surface area contributed by atoms with Crippen molar-refractivity contribution in [2.75, 3.05) is 11.1 Å². The summed E-state index contributed by atoms with van der Waals surface area (Å²) in [5, 5.41) is 12.2. The second-order valence-corrected chi connectivity index (χ2v) is 4.16. The molecule has 2 aromatic carbocycles. The summed E-state index contributed by atoms with van der Waals surface area (Å²) >= 11 is 0. The SMILES string of the molecule is Cc1ccc(NC(=O)c2cccc(N)c2O)cc1F. The fourth-order valence-corrected chi connectivity index (χ4v) is 1.61. The van der Waals surface area contributed by atoms with E-state index in [1.54, 1.807) is 25.1 Å². The van der Waals surface area contributed by atoms with Crippen molar-refractivity contribution in [3.05, 3.63) is 53.3 Å². The molecule has 0 aliphatic rings. The molecule has 5 heteroatoms. The highest BCUT2D eigenvalue weighted by molar-refractivity contribution is 6.07. The van der Waals surface area contributed by atoms with Crippen molar-refractivity contribution < 1.29 is 14.3 Å². The number of phenolic OH excluding ortho intramolecular Hbond substituents is 1. The first-order chi connectivity index (χ1) is 8.99. The number of nitrogens with one attached hydrogen (secondary N) is 1. The van der Waals surface area contributed by atoms with Gasteiger partial charge in [-0.3, -0.25) is 4.79 Å². The third kappa shape index (κ3) is 2.65. The first-order valence-corrected chi connectivity index (χ1v) is 5.64. The second kappa shape index (κ2) is 4.97. The van der Waals surface area contributed by atoms with Gasteiger partial charge in [0, 0.05) is 5.69 Å². The highest BCUT2D eigenvalue weighted by Crippen LogP contribution is 2.25. The lowest BCUT2D eigenvalue weighted by molar-refractivity contribution is 0.102. The Morgan fingerprint density at radius 2 is 2.05 bits per heavy atom. The molecule has 0 atom stereocenters. The molecule has 0 radical (unpaired) electrons. The number of nitrogens with two attached hydrogens (primary N) is 1. The number of nitrogen functional groups attached to an aromatic ring is 1. The molecule has 0 unspecified atom stereocenters. The van der Waals surface area contributed by atoms with Gasteiger partial charge in [0.25, 0.3) is 5.91 Å². The number of carbonyl (C=O) groups excluding carboxylic acids is 1. The smallest absolute Gasteiger partial charge is 0.259 e. The summed E-state index contributed by atoms with van der Waals surface area (Å²) in [7, 11) is 0. The molecule has 2 aromatic rings. The fourth-order valence-electron chi connectivity index (χ4n) is 1.61. The van der Waals surface area contributed by atoms with Gasteiger partial charge in [-0.1, -0.05) is 12.1 Å². The predicted octanol–water partition coefficient (Wildman–Crippen LogP) is 2.67. The molecule has 0 fully saturated rings. The number of aryl methyl sites for hydroxylation is 1. The lowest BCUT2D eigenvalue weighted by Gasteiger charge is -2.08. The number of halogens is 1. The third-order valence-corrected chi connectivity index (χ3v) is 2.74. The standard InChI is InChI=1S/C14H13FN2O2/c1-8-5-6-9(7-11(8)15)17-14(19)10-3-2-4-12(16)13(10)18/h2-7,18H,16H2,1H3,(H,17,19). The van der Waals surface area contributed by atoms with Gasteiger partial charge in [-0.2, -0.15) is 0 Å². The van der Waals surface area contributed by atoms with Crippen molar-refractivity contribution in [3.63, 3.8) is 0 Å². The van der Waals surface area contributed by atoms with Gasteiger partial charge in [-0.25, -0.2) is 4.39 Å². The highest BCUT2D eigenvalue weighted by Gasteiger charge is 2.13. The molecule has 0 bridgehead atoms. The van der Waals surface area contributed by atoms with Gasteiger partial charge in [-0.15, -0.1) is 0 Å². The number of benzene rings is 2. The van der Waals surface area contributed by atoms with Crippen molar-refractivity contribution in [1.82, 2.24) is 0 Å². The zero-order valence-electron chi connectivity index (χ0n) is 10.3. The van der Waals surface area contributed by atoms with Gasteiger partial charge in [0.2, 0.25) is 0 Å². The van der Waals surface area contributed by atoms with Crippen LogP contribution in [-0.4, -0.2) is 11.0 Å². The molecule has 0 aliphatic heterocycles. The molecule has 19 heavy (non-hydrogen) atoms. The molecule has 0 aromatic heterocycles. The molecule has 1 amide bonds. The topological polar surface area (TPSA) is 75.4 Å². The van der Waals surface area contributed by atoms with E-state index < -0.39 is 11.7 Å². The van der Waals surface area contributed by atoms with Crippen molar-refractivity contribution in [3.8, 4) is 5.75 Å². The molecule has 0 saturated heterocycles. The molecule has 4 N–H and O–H groups in total. The third-order valence-electron chi connectivity index (χ3n) is 2.74. The van der Waals surface area contributed by atoms with E-state index >= 15 is 0 Å². The van der Waals surface area contributed by atoms with E-state index in [-0.39, 0.29) is 17.0 Å². The van der Waals surface area contributed by atoms with E-state index in [1.807, 2.05) is 0 Å². The van der Waals surface area contributed by atoms with Gasteiger partial charge in [0.15, 0.2) is 5.75 Å². The molecule has 0 spiro atoms. The van der Waals surface area contributed by atoms with Gasteiger partial charge in [0.05, 0.1) is 11.3 Å². The van der Waals surface area contributed by atoms with Crippen LogP contribution in [0.25, 0.3) is 0 Å². The number of hydrogen-bond acceptors (Lipinski definition) is 3. The Morgan fingerprint density at radius 3 is 2.74 bits per heavy atom. The van der Waals surface area contributed by atoms with Crippen molar-refractivity contribution >= 4 is 17.3 Å². The van der Waals surface area contributed by atoms with E-state index in [0.29, 0.717) is 11.3 Å². The molecule has 0 aliphatic carbocycles. The van der Waals surface area contributed by atoms with Crippen LogP contribution in [0.1, 0.15) is 15.9 Å². The molecule has 98 valence electrons. The second-order valence-electron chi connectivity index (χ2n) is 4.16. The molecular formula is C14H13FN2O2. The van der Waals surface area contributed by atoms with Crippen LogP contribution in [0, 0.1) is 12.7 Å². The molecular weight excluding hydrogens is 247 g/mol. The summed E-state index contributed by atoms with van der Waals surface area (Å²) < 4.78 is 13.4. The van der Waals surface area contributed by atoms with Crippen molar-refractivity contribution in [2.45, 2.75) is 6.92 Å². The zero-order valence-corrected chi connectivity index (χ0v) is 10.3. The van der Waals surface area contributed by atoms with Crippen LogP contribution in [0.5, 0.6) is 5.75 Å². The quantitative estimate of drug-likeness (QED) is 0.574. The van der Waals surface area contributed by atoms with Crippen LogP contribution in [0.2, 0.25) is 0 Å². The number of hydrogen-bond donors (Lipinski definition) is 3. The largest absolute Gasteiger partial charge is 0.505 e. The Hall–Kier alpha value is -2.56. The summed E-state index contributed by atoms with van der Waals surface area (Å²) in [6.07, 6.45) is 0. The normalized spacial score (nSPS) is 10.2. The predicted molar refractivity (Wildman–Crippen MR) is 71.6 cm³/mol. The van der Waals surface area contributed by atoms with Gasteiger partial charge in [0.1, 0.15) is 5.82 Å². The summed E-state index contributed by atoms with van der Waals surface area (Å²) in [6, 6.07) is 8.84. The summed E-state index contributed by atoms with van der Waals surface area (Å²) in [6.45, 7) is 1.63. The average molecular weight is 260 g/mol. The van der Waals surface area contributed by atoms with Gasteiger partial charge >= 0.3 is 0 Å². The minimum Gasteiger partial charge on any atom is -0.505 e. The number of aromatic hydroxyl groups is 1. The molecule has 0 saturated carbocycles. The lowest BCUT2D eigenvalue weighted by Crippen LogP contribution is -2.12. The Morgan fingerprint density at radius 1 is 1.32 bits per heavy atom. The highest BCUT2D eigenvalue weighted by atomic mass is 19.1. The van der Waals surface area contributed by atoms with E-state index in [9.17, 15) is 14.3 Å². The number of anilines is 2. The maximum atomic E-state index is 13.4. The zero-order chi connectivity index (χ0) is 14.0. The van der Waals surface area contributed by atoms with Crippen LogP contribution < -0.4 is 11.1 Å². The van der Waals surface area contributed by atoms with Crippen LogP contribution in [0.15, 0.2) is 36.4 Å². The average Bonchev–Trinajstić information content (AvgIpc) is 2.37. The molecule has 2 rings (SSSR count). The van der Waals surface area contributed by atoms with Crippen molar-refractivity contribution in [2.24, 2.45) is 0 Å². The molecule has 0 heterocycles. The van der Waals surface area contributed by atoms with Crippen molar-refractivity contribution in [1.29, 1.82) is 0 Å². The van der Waals surface area contributed by atoms with E-state index in [1.165, 1.54) is 18.2 Å². The lowest BCUT2D eigenvalue weighted by atomic mass is 10.1. The number of rotatable bonds is 2. The van der Waals surface area contributed by atoms with E-state index in [0.717, 1.165) is 0 Å². The Labute approximate surface area is 109 Å². The number of phenols is 1. The number of carbonyl (C=O) groups is 1. The minimum absolute atomic E-state index is 0.0426. The van der Waals surface area contributed by atoms with Crippen LogP contribution >= 0.6 is 0 Å². The molecule has 4 nitrogen and oxygen atoms in total. The Bertz CT molecular complexity index is 641. The summed E-state index contributed by atoms with van der Waals surface area (Å²) in [5.74, 6) is -1.24. The Balaban J connectivity index is 2.26. The first-order valence-electron chi connectivity index (χ1n) is 5.64. The number of para-hydroxylation sites is 1. The number of amides is 1. The maximum absolute atomic E-state index is 13.4. The van der Waals surface area contributed by atoms with Crippen LogP contribution in [0.3, 0.4) is 0 Å². The van der Waals surface area contributed by atoms with E-state index in [2.05, 4.69) is 5.32 Å². The van der Waals surface area contributed by atoms with Crippen LogP contribution in [0.4, 0.5) is 15.8 Å². The summed E-state index contributed by atoms with van der Waals surface area (Å²) in [4.78, 5) is 11.9. The maximum Gasteiger partial charge on any atom is 0.259 e. The van der Waals surface area contributed by atoms with Gasteiger partial charge < -0.3 is 16.2 Å². The first kappa shape index (κ1) is 12.9. The fraction of sp³-hybridized carbons (Fsp3) is 0.0714. The Kier molecular flexibility index (Phi) is 3.37. The van der Waals surface area contributed by atoms with Gasteiger partial charge in [-0.05, 0) is 36.8 Å². The van der Waals surface area contributed by atoms with Crippen LogP contribution in [-0.2, 0) is 0 Å². The van der Waals surface area contributed by atoms with E-state index in [4.69, 9.17) is 5.73 Å². The monoisotopic (exact) mass is 260 g/mol.